The van der Waals surface area contributed by atoms with Crippen LogP contribution < -0.4 is 5.43 Å². The highest BCUT2D eigenvalue weighted by molar-refractivity contribution is 7.20. The van der Waals surface area contributed by atoms with Crippen LogP contribution in [-0.4, -0.2) is 22.5 Å². The maximum Gasteiger partial charge on any atom is 0.280 e. The molecule has 2 aromatic carbocycles. The molecule has 0 saturated heterocycles. The average Bonchev–Trinajstić information content (AvgIpc) is 3.17. The predicted octanol–water partition coefficient (Wildman–Crippen LogP) is 4.63. The summed E-state index contributed by atoms with van der Waals surface area (Å²) in [5.74, 6) is 0.326. The molecule has 0 fully saturated rings. The normalized spacial score (nSPS) is 15.7. The smallest absolute Gasteiger partial charge is 0.280 e. The van der Waals surface area contributed by atoms with E-state index >= 15 is 0 Å². The molecule has 0 radical (unpaired) electrons. The van der Waals surface area contributed by atoms with E-state index in [1.165, 1.54) is 11.3 Å². The lowest BCUT2D eigenvalue weighted by molar-refractivity contribution is -0.0823. The number of oxime groups is 1. The minimum absolute atomic E-state index is 0.202. The Hall–Kier alpha value is -2.57. The number of halogens is 1. The average molecular weight is 386 g/mol. The van der Waals surface area contributed by atoms with Crippen molar-refractivity contribution in [2.24, 2.45) is 5.16 Å². The zero-order chi connectivity index (χ0) is 18.3. The summed E-state index contributed by atoms with van der Waals surface area (Å²) >= 11 is 7.41. The highest BCUT2D eigenvalue weighted by Crippen LogP contribution is 2.28. The molecule has 1 amide bonds. The summed E-state index contributed by atoms with van der Waals surface area (Å²) in [7, 11) is 0. The summed E-state index contributed by atoms with van der Waals surface area (Å²) < 4.78 is 1.07. The first-order valence-electron chi connectivity index (χ1n) is 8.06. The molecule has 1 aromatic heterocycles. The number of fused-ring (bicyclic) bond motifs is 1. The lowest BCUT2D eigenvalue weighted by atomic mass is 10.2. The summed E-state index contributed by atoms with van der Waals surface area (Å²) in [6, 6.07) is 17.0. The Morgan fingerprint density at radius 2 is 1.92 bits per heavy atom. The van der Waals surface area contributed by atoms with Gasteiger partial charge in [-0.2, -0.15) is 0 Å². The molecule has 1 N–H and O–H groups in total. The van der Waals surface area contributed by atoms with Gasteiger partial charge in [-0.05, 0) is 55.6 Å². The van der Waals surface area contributed by atoms with E-state index in [2.05, 4.69) is 10.6 Å². The van der Waals surface area contributed by atoms with Gasteiger partial charge in [0, 0.05) is 15.3 Å². The van der Waals surface area contributed by atoms with Crippen molar-refractivity contribution in [1.82, 2.24) is 10.4 Å². The van der Waals surface area contributed by atoms with Crippen molar-refractivity contribution in [3.63, 3.8) is 0 Å². The molecule has 3 aromatic rings. The Morgan fingerprint density at radius 3 is 2.65 bits per heavy atom. The van der Waals surface area contributed by atoms with Crippen LogP contribution in [0.15, 0.2) is 59.8 Å². The summed E-state index contributed by atoms with van der Waals surface area (Å²) in [6.45, 7) is 3.68. The Balaban J connectivity index is 1.62. The minimum atomic E-state index is -0.804. The molecular weight excluding hydrogens is 370 g/mol. The van der Waals surface area contributed by atoms with E-state index in [0.29, 0.717) is 15.7 Å². The third kappa shape index (κ3) is 3.02. The Labute approximate surface area is 159 Å². The number of amides is 1. The SMILES string of the molecule is CC1(C)ON=C(c2ccc(Cl)cc2)N1NC(=O)c1cc2ccccc2s1. The van der Waals surface area contributed by atoms with Gasteiger partial charge in [0.05, 0.1) is 4.88 Å². The molecule has 0 aliphatic carbocycles. The maximum atomic E-state index is 12.8. The Kier molecular flexibility index (Phi) is 4.09. The number of benzene rings is 2. The second-order valence-electron chi connectivity index (χ2n) is 6.38. The largest absolute Gasteiger partial charge is 0.364 e. The first-order chi connectivity index (χ1) is 12.4. The molecule has 1 aliphatic heterocycles. The van der Waals surface area contributed by atoms with Gasteiger partial charge < -0.3 is 4.84 Å². The van der Waals surface area contributed by atoms with Crippen molar-refractivity contribution >= 4 is 44.8 Å². The summed E-state index contributed by atoms with van der Waals surface area (Å²) in [5.41, 5.74) is 2.92. The fourth-order valence-electron chi connectivity index (χ4n) is 2.71. The summed E-state index contributed by atoms with van der Waals surface area (Å²) in [6.07, 6.45) is 0. The van der Waals surface area contributed by atoms with Gasteiger partial charge in [0.1, 0.15) is 0 Å². The van der Waals surface area contributed by atoms with Gasteiger partial charge in [-0.15, -0.1) is 11.3 Å². The lowest BCUT2D eigenvalue weighted by Crippen LogP contribution is -2.54. The molecule has 5 nitrogen and oxygen atoms in total. The zero-order valence-corrected chi connectivity index (χ0v) is 15.8. The lowest BCUT2D eigenvalue weighted by Gasteiger charge is -2.30. The van der Waals surface area contributed by atoms with E-state index in [9.17, 15) is 4.79 Å². The molecule has 0 atom stereocenters. The van der Waals surface area contributed by atoms with Gasteiger partial charge >= 0.3 is 0 Å². The molecule has 1 aliphatic rings. The molecule has 0 spiro atoms. The van der Waals surface area contributed by atoms with E-state index in [0.717, 1.165) is 15.6 Å². The first-order valence-corrected chi connectivity index (χ1v) is 9.25. The third-order valence-electron chi connectivity index (χ3n) is 4.07. The number of nitrogens with zero attached hydrogens (tertiary/aromatic N) is 2. The molecule has 2 heterocycles. The fraction of sp³-hybridized carbons (Fsp3) is 0.158. The van der Waals surface area contributed by atoms with Crippen LogP contribution in [0.4, 0.5) is 0 Å². The molecule has 26 heavy (non-hydrogen) atoms. The number of hydrazine groups is 1. The van der Waals surface area contributed by atoms with Crippen molar-refractivity contribution in [2.45, 2.75) is 19.6 Å². The van der Waals surface area contributed by atoms with Gasteiger partial charge in [0.25, 0.3) is 5.91 Å². The number of nitrogens with one attached hydrogen (secondary N) is 1. The van der Waals surface area contributed by atoms with Crippen molar-refractivity contribution in [1.29, 1.82) is 0 Å². The monoisotopic (exact) mass is 385 g/mol. The van der Waals surface area contributed by atoms with Gasteiger partial charge in [-0.25, -0.2) is 5.01 Å². The van der Waals surface area contributed by atoms with Crippen LogP contribution in [0.25, 0.3) is 10.1 Å². The number of carbonyl (C=O) groups is 1. The van der Waals surface area contributed by atoms with Gasteiger partial charge in [0.2, 0.25) is 5.72 Å². The predicted molar refractivity (Wildman–Crippen MR) is 104 cm³/mol. The number of amidine groups is 1. The van der Waals surface area contributed by atoms with Crippen LogP contribution in [0.2, 0.25) is 5.02 Å². The van der Waals surface area contributed by atoms with E-state index < -0.39 is 5.72 Å². The molecule has 7 heteroatoms. The zero-order valence-electron chi connectivity index (χ0n) is 14.2. The van der Waals surface area contributed by atoms with Crippen LogP contribution in [-0.2, 0) is 4.84 Å². The van der Waals surface area contributed by atoms with Crippen LogP contribution in [0.5, 0.6) is 0 Å². The van der Waals surface area contributed by atoms with Gasteiger partial charge in [-0.1, -0.05) is 35.0 Å². The number of rotatable bonds is 3. The van der Waals surface area contributed by atoms with E-state index in [4.69, 9.17) is 16.4 Å². The number of hydrogen-bond acceptors (Lipinski definition) is 5. The van der Waals surface area contributed by atoms with E-state index in [1.807, 2.05) is 56.3 Å². The summed E-state index contributed by atoms with van der Waals surface area (Å²) in [4.78, 5) is 19.0. The van der Waals surface area contributed by atoms with Crippen molar-refractivity contribution < 1.29 is 9.63 Å². The molecule has 4 rings (SSSR count). The third-order valence-corrected chi connectivity index (χ3v) is 5.44. The van der Waals surface area contributed by atoms with Crippen molar-refractivity contribution in [2.75, 3.05) is 0 Å². The number of hydrogen-bond donors (Lipinski definition) is 1. The second-order valence-corrected chi connectivity index (χ2v) is 7.90. The van der Waals surface area contributed by atoms with Crippen LogP contribution in [0.1, 0.15) is 29.1 Å². The topological polar surface area (TPSA) is 53.9 Å². The molecule has 0 saturated carbocycles. The number of carbonyl (C=O) groups excluding carboxylic acids is 1. The molecule has 132 valence electrons. The highest BCUT2D eigenvalue weighted by atomic mass is 35.5. The van der Waals surface area contributed by atoms with Gasteiger partial charge in [0.15, 0.2) is 5.84 Å². The van der Waals surface area contributed by atoms with Crippen LogP contribution in [0.3, 0.4) is 0 Å². The molecular formula is C19H16ClN3O2S. The van der Waals surface area contributed by atoms with Gasteiger partial charge in [-0.3, -0.25) is 10.2 Å². The minimum Gasteiger partial charge on any atom is -0.364 e. The molecule has 0 unspecified atom stereocenters. The van der Waals surface area contributed by atoms with Crippen LogP contribution in [0, 0.1) is 0 Å². The van der Waals surface area contributed by atoms with Crippen LogP contribution >= 0.6 is 22.9 Å². The number of thiophene rings is 1. The first kappa shape index (κ1) is 16.9. The van der Waals surface area contributed by atoms with Crippen molar-refractivity contribution in [3.8, 4) is 0 Å². The Bertz CT molecular complexity index is 978. The highest BCUT2D eigenvalue weighted by Gasteiger charge is 2.40. The summed E-state index contributed by atoms with van der Waals surface area (Å²) in [5, 5.41) is 7.47. The van der Waals surface area contributed by atoms with Crippen molar-refractivity contribution in [3.05, 3.63) is 70.1 Å². The van der Waals surface area contributed by atoms with E-state index in [-0.39, 0.29) is 5.91 Å². The Morgan fingerprint density at radius 1 is 1.19 bits per heavy atom. The standard InChI is InChI=1S/C19H16ClN3O2S/c1-19(2)23(17(22-25-19)12-7-9-14(20)10-8-12)21-18(24)16-11-13-5-3-4-6-15(13)26-16/h3-11H,1-2H3,(H,21,24). The maximum absolute atomic E-state index is 12.8. The molecule has 0 bridgehead atoms. The fourth-order valence-corrected chi connectivity index (χ4v) is 3.79. The van der Waals surface area contributed by atoms with E-state index in [1.54, 1.807) is 17.1 Å². The quantitative estimate of drug-likeness (QED) is 0.715. The second kappa shape index (κ2) is 6.30.